The van der Waals surface area contributed by atoms with Gasteiger partial charge in [0.1, 0.15) is 5.75 Å². The number of amides is 1. The molecule has 2 rings (SSSR count). The Hall–Kier alpha value is -2.08. The lowest BCUT2D eigenvalue weighted by Gasteiger charge is -2.32. The molecule has 1 aliphatic rings. The number of benzene rings is 1. The Morgan fingerprint density at radius 3 is 2.74 bits per heavy atom. The van der Waals surface area contributed by atoms with Crippen LogP contribution in [0, 0.1) is 0 Å². The summed E-state index contributed by atoms with van der Waals surface area (Å²) in [5.74, 6) is -0.0384. The first-order chi connectivity index (χ1) is 11.1. The summed E-state index contributed by atoms with van der Waals surface area (Å²) in [5, 5.41) is 8.81. The molecule has 1 atom stereocenters. The number of carboxylic acid groups (broad SMARTS) is 1. The van der Waals surface area contributed by atoms with Crippen molar-refractivity contribution in [2.75, 3.05) is 26.3 Å². The smallest absolute Gasteiger partial charge is 0.306 e. The first-order valence-corrected chi connectivity index (χ1v) is 7.91. The highest BCUT2D eigenvalue weighted by atomic mass is 16.5. The van der Waals surface area contributed by atoms with Gasteiger partial charge in [-0.2, -0.15) is 0 Å². The molecule has 6 heteroatoms. The molecule has 126 valence electrons. The molecule has 1 aromatic rings. The van der Waals surface area contributed by atoms with Gasteiger partial charge in [0.2, 0.25) is 5.91 Å². The van der Waals surface area contributed by atoms with E-state index in [0.29, 0.717) is 39.1 Å². The Labute approximate surface area is 136 Å². The van der Waals surface area contributed by atoms with Crippen LogP contribution in [-0.4, -0.2) is 54.3 Å². The zero-order valence-electron chi connectivity index (χ0n) is 13.4. The molecule has 1 aromatic carbocycles. The van der Waals surface area contributed by atoms with Crippen LogP contribution in [0.2, 0.25) is 0 Å². The largest absolute Gasteiger partial charge is 0.494 e. The summed E-state index contributed by atoms with van der Waals surface area (Å²) >= 11 is 0. The SMILES string of the molecule is CCOc1ccc(CCC(=O)N2CCO[C@H](CC(=O)O)C2)cc1. The van der Waals surface area contributed by atoms with Gasteiger partial charge in [-0.1, -0.05) is 12.1 Å². The predicted molar refractivity (Wildman–Crippen MR) is 84.5 cm³/mol. The molecule has 1 heterocycles. The van der Waals surface area contributed by atoms with Gasteiger partial charge in [-0.25, -0.2) is 0 Å². The fourth-order valence-corrected chi connectivity index (χ4v) is 2.59. The quantitative estimate of drug-likeness (QED) is 0.827. The Kier molecular flexibility index (Phi) is 6.40. The maximum absolute atomic E-state index is 12.3. The van der Waals surface area contributed by atoms with Crippen molar-refractivity contribution in [3.8, 4) is 5.75 Å². The van der Waals surface area contributed by atoms with E-state index in [1.54, 1.807) is 4.90 Å². The van der Waals surface area contributed by atoms with Crippen LogP contribution in [0.25, 0.3) is 0 Å². The molecule has 6 nitrogen and oxygen atoms in total. The Morgan fingerprint density at radius 1 is 1.35 bits per heavy atom. The predicted octanol–water partition coefficient (Wildman–Crippen LogP) is 1.72. The normalized spacial score (nSPS) is 17.8. The number of morpholine rings is 1. The summed E-state index contributed by atoms with van der Waals surface area (Å²) in [4.78, 5) is 24.7. The van der Waals surface area contributed by atoms with E-state index in [4.69, 9.17) is 14.6 Å². The molecule has 23 heavy (non-hydrogen) atoms. The molecular formula is C17H23NO5. The van der Waals surface area contributed by atoms with E-state index in [1.807, 2.05) is 31.2 Å². The third-order valence-corrected chi connectivity index (χ3v) is 3.76. The number of hydrogen-bond acceptors (Lipinski definition) is 4. The molecule has 1 amide bonds. The molecule has 0 spiro atoms. The number of aliphatic carboxylic acids is 1. The highest BCUT2D eigenvalue weighted by molar-refractivity contribution is 5.76. The van der Waals surface area contributed by atoms with Gasteiger partial charge in [-0.05, 0) is 31.0 Å². The number of aryl methyl sites for hydroxylation is 1. The average molecular weight is 321 g/mol. The van der Waals surface area contributed by atoms with Crippen LogP contribution in [0.15, 0.2) is 24.3 Å². The van der Waals surface area contributed by atoms with Crippen LogP contribution < -0.4 is 4.74 Å². The lowest BCUT2D eigenvalue weighted by molar-refractivity contribution is -0.147. The minimum Gasteiger partial charge on any atom is -0.494 e. The number of carbonyl (C=O) groups is 2. The Bertz CT molecular complexity index is 528. The summed E-state index contributed by atoms with van der Waals surface area (Å²) in [6.45, 7) is 3.85. The number of rotatable bonds is 7. The van der Waals surface area contributed by atoms with Gasteiger partial charge in [0.25, 0.3) is 0 Å². The number of nitrogens with zero attached hydrogens (tertiary/aromatic N) is 1. The summed E-state index contributed by atoms with van der Waals surface area (Å²) in [6.07, 6.45) is 0.596. The molecular weight excluding hydrogens is 298 g/mol. The number of ether oxygens (including phenoxy) is 2. The molecule has 1 fully saturated rings. The monoisotopic (exact) mass is 321 g/mol. The lowest BCUT2D eigenvalue weighted by atomic mass is 10.1. The second-order valence-electron chi connectivity index (χ2n) is 5.51. The van der Waals surface area contributed by atoms with Crippen molar-refractivity contribution in [3.63, 3.8) is 0 Å². The van der Waals surface area contributed by atoms with E-state index in [0.717, 1.165) is 11.3 Å². The van der Waals surface area contributed by atoms with Gasteiger partial charge in [-0.3, -0.25) is 9.59 Å². The van der Waals surface area contributed by atoms with Gasteiger partial charge in [-0.15, -0.1) is 0 Å². The maximum Gasteiger partial charge on any atom is 0.306 e. The van der Waals surface area contributed by atoms with Crippen molar-refractivity contribution in [1.82, 2.24) is 4.90 Å². The zero-order chi connectivity index (χ0) is 16.7. The zero-order valence-corrected chi connectivity index (χ0v) is 13.4. The lowest BCUT2D eigenvalue weighted by Crippen LogP contribution is -2.46. The number of hydrogen-bond donors (Lipinski definition) is 1. The van der Waals surface area contributed by atoms with Crippen LogP contribution in [0.1, 0.15) is 25.3 Å². The van der Waals surface area contributed by atoms with E-state index in [1.165, 1.54) is 0 Å². The standard InChI is InChI=1S/C17H23NO5/c1-2-22-14-6-3-13(4-7-14)5-8-16(19)18-9-10-23-15(12-18)11-17(20)21/h3-4,6-7,15H,2,5,8-12H2,1H3,(H,20,21)/t15-/m1/s1. The van der Waals surface area contributed by atoms with E-state index >= 15 is 0 Å². The minimum atomic E-state index is -0.904. The van der Waals surface area contributed by atoms with Crippen molar-refractivity contribution >= 4 is 11.9 Å². The first-order valence-electron chi connectivity index (χ1n) is 7.91. The van der Waals surface area contributed by atoms with E-state index in [2.05, 4.69) is 0 Å². The molecule has 0 radical (unpaired) electrons. The van der Waals surface area contributed by atoms with Gasteiger partial charge in [0, 0.05) is 19.5 Å². The first kappa shape index (κ1) is 17.3. The maximum atomic E-state index is 12.3. The van der Waals surface area contributed by atoms with Gasteiger partial charge in [0.15, 0.2) is 0 Å². The molecule has 1 saturated heterocycles. The molecule has 0 bridgehead atoms. The van der Waals surface area contributed by atoms with Crippen LogP contribution >= 0.6 is 0 Å². The summed E-state index contributed by atoms with van der Waals surface area (Å²) < 4.78 is 10.8. The Balaban J connectivity index is 1.80. The average Bonchev–Trinajstić information content (AvgIpc) is 2.54. The van der Waals surface area contributed by atoms with Crippen molar-refractivity contribution in [2.24, 2.45) is 0 Å². The number of carbonyl (C=O) groups excluding carboxylic acids is 1. The molecule has 0 unspecified atom stereocenters. The second-order valence-corrected chi connectivity index (χ2v) is 5.51. The highest BCUT2D eigenvalue weighted by Gasteiger charge is 2.25. The second kappa shape index (κ2) is 8.53. The molecule has 0 aromatic heterocycles. The fourth-order valence-electron chi connectivity index (χ4n) is 2.59. The minimum absolute atomic E-state index is 0.0394. The van der Waals surface area contributed by atoms with Crippen molar-refractivity contribution in [3.05, 3.63) is 29.8 Å². The van der Waals surface area contributed by atoms with Gasteiger partial charge < -0.3 is 19.5 Å². The van der Waals surface area contributed by atoms with E-state index < -0.39 is 12.1 Å². The van der Waals surface area contributed by atoms with Crippen LogP contribution in [0.5, 0.6) is 5.75 Å². The van der Waals surface area contributed by atoms with Crippen LogP contribution in [0.4, 0.5) is 0 Å². The van der Waals surface area contributed by atoms with Crippen LogP contribution in [-0.2, 0) is 20.7 Å². The molecule has 1 N–H and O–H groups in total. The highest BCUT2D eigenvalue weighted by Crippen LogP contribution is 2.15. The summed E-state index contributed by atoms with van der Waals surface area (Å²) in [6, 6.07) is 7.73. The molecule has 0 saturated carbocycles. The summed E-state index contributed by atoms with van der Waals surface area (Å²) in [5.41, 5.74) is 1.08. The van der Waals surface area contributed by atoms with E-state index in [-0.39, 0.29) is 12.3 Å². The van der Waals surface area contributed by atoms with Crippen LogP contribution in [0.3, 0.4) is 0 Å². The van der Waals surface area contributed by atoms with Crippen molar-refractivity contribution in [2.45, 2.75) is 32.3 Å². The molecule has 0 aliphatic carbocycles. The van der Waals surface area contributed by atoms with Crippen molar-refractivity contribution in [1.29, 1.82) is 0 Å². The van der Waals surface area contributed by atoms with Crippen molar-refractivity contribution < 1.29 is 24.2 Å². The summed E-state index contributed by atoms with van der Waals surface area (Å²) in [7, 11) is 0. The topological polar surface area (TPSA) is 76.1 Å². The Morgan fingerprint density at radius 2 is 2.09 bits per heavy atom. The van der Waals surface area contributed by atoms with E-state index in [9.17, 15) is 9.59 Å². The third kappa shape index (κ3) is 5.56. The third-order valence-electron chi connectivity index (χ3n) is 3.76. The van der Waals surface area contributed by atoms with Gasteiger partial charge in [0.05, 0.1) is 25.7 Å². The molecule has 1 aliphatic heterocycles. The van der Waals surface area contributed by atoms with Gasteiger partial charge >= 0.3 is 5.97 Å². The fraction of sp³-hybridized carbons (Fsp3) is 0.529. The number of carboxylic acids is 1.